The maximum atomic E-state index is 14.3. The number of nitrogens with two attached hydrogens (primary N) is 1. The standard InChI is InChI=1S/C20H22FN3O6S2/c1-12(18(26)23-19-14(17(22)25)7-10-31-19)30-20(27)13-5-6-15(21)16(11-13)32(28,29)24-8-3-2-4-9-24/h5-7,10-12H,2-4,8-9H2,1H3,(H2,22,25)(H,23,26). The van der Waals surface area contributed by atoms with Gasteiger partial charge in [0.2, 0.25) is 10.0 Å². The second-order valence-corrected chi connectivity index (χ2v) is 10.00. The number of nitrogens with one attached hydrogen (secondary N) is 1. The van der Waals surface area contributed by atoms with Crippen molar-refractivity contribution in [1.29, 1.82) is 0 Å². The van der Waals surface area contributed by atoms with Crippen LogP contribution in [0.2, 0.25) is 0 Å². The molecule has 0 spiro atoms. The molecule has 12 heteroatoms. The number of carbonyl (C=O) groups is 3. The first kappa shape index (κ1) is 23.8. The van der Waals surface area contributed by atoms with E-state index in [0.717, 1.165) is 36.0 Å². The molecule has 1 fully saturated rings. The Hall–Kier alpha value is -2.83. The first-order valence-electron chi connectivity index (χ1n) is 9.80. The highest BCUT2D eigenvalue weighted by molar-refractivity contribution is 7.89. The monoisotopic (exact) mass is 483 g/mol. The summed E-state index contributed by atoms with van der Waals surface area (Å²) >= 11 is 1.07. The summed E-state index contributed by atoms with van der Waals surface area (Å²) in [5, 5.41) is 4.23. The molecule has 3 N–H and O–H groups in total. The highest BCUT2D eigenvalue weighted by Gasteiger charge is 2.30. The zero-order valence-corrected chi connectivity index (χ0v) is 18.8. The third-order valence-electron chi connectivity index (χ3n) is 4.92. The topological polar surface area (TPSA) is 136 Å². The number of amides is 2. The number of primary amides is 1. The first-order valence-corrected chi connectivity index (χ1v) is 12.1. The van der Waals surface area contributed by atoms with Gasteiger partial charge >= 0.3 is 5.97 Å². The van der Waals surface area contributed by atoms with Crippen molar-refractivity contribution in [2.75, 3.05) is 18.4 Å². The van der Waals surface area contributed by atoms with Crippen molar-refractivity contribution in [1.82, 2.24) is 4.31 Å². The Balaban J connectivity index is 1.73. The number of thiophene rings is 1. The lowest BCUT2D eigenvalue weighted by Gasteiger charge is -2.26. The summed E-state index contributed by atoms with van der Waals surface area (Å²) < 4.78 is 46.3. The van der Waals surface area contributed by atoms with Crippen LogP contribution in [0.4, 0.5) is 9.39 Å². The normalized spacial score (nSPS) is 15.7. The lowest BCUT2D eigenvalue weighted by Crippen LogP contribution is -2.36. The number of sulfonamides is 1. The molecule has 2 aromatic rings. The summed E-state index contributed by atoms with van der Waals surface area (Å²) in [4.78, 5) is 35.6. The molecule has 9 nitrogen and oxygen atoms in total. The first-order chi connectivity index (χ1) is 15.1. The van der Waals surface area contributed by atoms with Crippen LogP contribution in [0.3, 0.4) is 0 Å². The van der Waals surface area contributed by atoms with E-state index in [-0.39, 0.29) is 29.2 Å². The Labute approximate surface area is 188 Å². The molecule has 3 rings (SSSR count). The van der Waals surface area contributed by atoms with Gasteiger partial charge < -0.3 is 15.8 Å². The number of anilines is 1. The average molecular weight is 484 g/mol. The highest BCUT2D eigenvalue weighted by Crippen LogP contribution is 2.25. The number of rotatable bonds is 7. The van der Waals surface area contributed by atoms with E-state index in [1.54, 1.807) is 5.38 Å². The van der Waals surface area contributed by atoms with Crippen molar-refractivity contribution in [2.45, 2.75) is 37.2 Å². The number of halogens is 1. The zero-order valence-electron chi connectivity index (χ0n) is 17.2. The number of ether oxygens (including phenoxy) is 1. The van der Waals surface area contributed by atoms with Gasteiger partial charge in [0.1, 0.15) is 15.7 Å². The SMILES string of the molecule is CC(OC(=O)c1ccc(F)c(S(=O)(=O)N2CCCCC2)c1)C(=O)Nc1sccc1C(N)=O. The molecule has 1 aromatic carbocycles. The van der Waals surface area contributed by atoms with Gasteiger partial charge in [-0.3, -0.25) is 9.59 Å². The van der Waals surface area contributed by atoms with Crippen LogP contribution in [-0.2, 0) is 19.6 Å². The van der Waals surface area contributed by atoms with Crippen molar-refractivity contribution in [2.24, 2.45) is 5.73 Å². The van der Waals surface area contributed by atoms with Crippen LogP contribution in [0.25, 0.3) is 0 Å². The molecule has 1 aliphatic heterocycles. The van der Waals surface area contributed by atoms with E-state index < -0.39 is 44.6 Å². The van der Waals surface area contributed by atoms with Gasteiger partial charge in [0, 0.05) is 13.1 Å². The summed E-state index contributed by atoms with van der Waals surface area (Å²) in [5.41, 5.74) is 5.14. The minimum absolute atomic E-state index is 0.118. The molecule has 2 amide bonds. The molecule has 172 valence electrons. The number of piperidine rings is 1. The number of nitrogens with zero attached hydrogens (tertiary/aromatic N) is 1. The molecular formula is C20H22FN3O6S2. The second-order valence-electron chi connectivity index (χ2n) is 7.17. The van der Waals surface area contributed by atoms with E-state index in [2.05, 4.69) is 5.32 Å². The fourth-order valence-corrected chi connectivity index (χ4v) is 5.57. The van der Waals surface area contributed by atoms with Gasteiger partial charge in [-0.05, 0) is 49.4 Å². The number of hydrogen-bond donors (Lipinski definition) is 2. The average Bonchev–Trinajstić information content (AvgIpc) is 3.22. The molecule has 0 aliphatic carbocycles. The third kappa shape index (κ3) is 5.14. The van der Waals surface area contributed by atoms with Crippen molar-refractivity contribution in [3.8, 4) is 0 Å². The van der Waals surface area contributed by atoms with Crippen molar-refractivity contribution >= 4 is 44.1 Å². The zero-order chi connectivity index (χ0) is 23.5. The molecule has 32 heavy (non-hydrogen) atoms. The number of hydrogen-bond acceptors (Lipinski definition) is 7. The Morgan fingerprint density at radius 3 is 2.53 bits per heavy atom. The van der Waals surface area contributed by atoms with Crippen LogP contribution < -0.4 is 11.1 Å². The van der Waals surface area contributed by atoms with E-state index >= 15 is 0 Å². The van der Waals surface area contributed by atoms with Gasteiger partial charge in [0.05, 0.1) is 11.1 Å². The van der Waals surface area contributed by atoms with Crippen LogP contribution in [-0.4, -0.2) is 49.7 Å². The lowest BCUT2D eigenvalue weighted by molar-refractivity contribution is -0.123. The molecule has 0 radical (unpaired) electrons. The van der Waals surface area contributed by atoms with Crippen molar-refractivity contribution in [3.63, 3.8) is 0 Å². The molecule has 0 bridgehead atoms. The van der Waals surface area contributed by atoms with Crippen LogP contribution in [0.5, 0.6) is 0 Å². The van der Waals surface area contributed by atoms with Gasteiger partial charge in [-0.25, -0.2) is 17.6 Å². The molecule has 1 aromatic heterocycles. The minimum Gasteiger partial charge on any atom is -0.449 e. The number of carbonyl (C=O) groups excluding carboxylic acids is 3. The molecule has 1 aliphatic rings. The summed E-state index contributed by atoms with van der Waals surface area (Å²) in [6.07, 6.45) is 0.971. The minimum atomic E-state index is -4.11. The summed E-state index contributed by atoms with van der Waals surface area (Å²) in [6, 6.07) is 4.32. The van der Waals surface area contributed by atoms with E-state index in [4.69, 9.17) is 10.5 Å². The number of benzene rings is 1. The van der Waals surface area contributed by atoms with Gasteiger partial charge in [0.25, 0.3) is 11.8 Å². The molecule has 1 unspecified atom stereocenters. The Morgan fingerprint density at radius 2 is 1.88 bits per heavy atom. The summed E-state index contributed by atoms with van der Waals surface area (Å²) in [7, 11) is -4.11. The Morgan fingerprint density at radius 1 is 1.19 bits per heavy atom. The van der Waals surface area contributed by atoms with Gasteiger partial charge in [-0.15, -0.1) is 11.3 Å². The highest BCUT2D eigenvalue weighted by atomic mass is 32.2. The predicted molar refractivity (Wildman–Crippen MR) is 115 cm³/mol. The third-order valence-corrected chi connectivity index (χ3v) is 7.66. The van der Waals surface area contributed by atoms with E-state index in [0.29, 0.717) is 12.8 Å². The second kappa shape index (κ2) is 9.76. The van der Waals surface area contributed by atoms with Crippen LogP contribution in [0, 0.1) is 5.82 Å². The predicted octanol–water partition coefficient (Wildman–Crippen LogP) is 2.34. The maximum absolute atomic E-state index is 14.3. The van der Waals surface area contributed by atoms with Gasteiger partial charge in [-0.2, -0.15) is 4.31 Å². The fourth-order valence-electron chi connectivity index (χ4n) is 3.17. The van der Waals surface area contributed by atoms with Crippen molar-refractivity contribution in [3.05, 3.63) is 46.6 Å². The Bertz CT molecular complexity index is 1140. The fraction of sp³-hybridized carbons (Fsp3) is 0.350. The molecule has 1 saturated heterocycles. The number of esters is 1. The summed E-state index contributed by atoms with van der Waals surface area (Å²) in [6.45, 7) is 1.87. The van der Waals surface area contributed by atoms with Crippen LogP contribution in [0.15, 0.2) is 34.5 Å². The molecular weight excluding hydrogens is 461 g/mol. The lowest BCUT2D eigenvalue weighted by atomic mass is 10.2. The Kier molecular flexibility index (Phi) is 7.26. The maximum Gasteiger partial charge on any atom is 0.338 e. The summed E-state index contributed by atoms with van der Waals surface area (Å²) in [5.74, 6) is -3.41. The quantitative estimate of drug-likeness (QED) is 0.580. The van der Waals surface area contributed by atoms with Gasteiger partial charge in [-0.1, -0.05) is 6.42 Å². The molecule has 2 heterocycles. The van der Waals surface area contributed by atoms with Crippen LogP contribution >= 0.6 is 11.3 Å². The van der Waals surface area contributed by atoms with E-state index in [1.807, 2.05) is 0 Å². The molecule has 1 atom stereocenters. The van der Waals surface area contributed by atoms with Crippen molar-refractivity contribution < 1.29 is 31.9 Å². The largest absolute Gasteiger partial charge is 0.449 e. The van der Waals surface area contributed by atoms with Gasteiger partial charge in [0.15, 0.2) is 6.10 Å². The smallest absolute Gasteiger partial charge is 0.338 e. The van der Waals surface area contributed by atoms with Crippen LogP contribution in [0.1, 0.15) is 46.9 Å². The molecule has 0 saturated carbocycles. The van der Waals surface area contributed by atoms with E-state index in [9.17, 15) is 27.2 Å². The van der Waals surface area contributed by atoms with E-state index in [1.165, 1.54) is 17.3 Å².